The molecular weight excluding hydrogens is 480 g/mol. The summed E-state index contributed by atoms with van der Waals surface area (Å²) in [6.07, 6.45) is 5.34. The van der Waals surface area contributed by atoms with E-state index in [1.807, 2.05) is 29.9 Å². The second-order valence-corrected chi connectivity index (χ2v) is 11.0. The average Bonchev–Trinajstić information content (AvgIpc) is 3.60. The van der Waals surface area contributed by atoms with Crippen LogP contribution in [0.25, 0.3) is 33.6 Å². The fourth-order valence-electron chi connectivity index (χ4n) is 5.99. The molecular formula is C29H36N6O3. The van der Waals surface area contributed by atoms with Crippen LogP contribution in [0.5, 0.6) is 5.75 Å². The van der Waals surface area contributed by atoms with E-state index in [0.29, 0.717) is 35.8 Å². The fourth-order valence-corrected chi connectivity index (χ4v) is 5.99. The predicted molar refractivity (Wildman–Crippen MR) is 147 cm³/mol. The van der Waals surface area contributed by atoms with E-state index in [9.17, 15) is 9.90 Å². The summed E-state index contributed by atoms with van der Waals surface area (Å²) in [7, 11) is 3.61. The third-order valence-electron chi connectivity index (χ3n) is 8.30. The number of fused-ring (bicyclic) bond motifs is 2. The summed E-state index contributed by atoms with van der Waals surface area (Å²) in [6, 6.07) is 9.60. The van der Waals surface area contributed by atoms with Crippen molar-refractivity contribution in [1.82, 2.24) is 24.0 Å². The third-order valence-corrected chi connectivity index (χ3v) is 8.30. The minimum Gasteiger partial charge on any atom is -0.494 e. The van der Waals surface area contributed by atoms with Crippen molar-refractivity contribution in [3.63, 3.8) is 0 Å². The molecule has 1 amide bonds. The molecule has 38 heavy (non-hydrogen) atoms. The first-order valence-corrected chi connectivity index (χ1v) is 13.6. The van der Waals surface area contributed by atoms with Crippen LogP contribution in [0.3, 0.4) is 0 Å². The average molecular weight is 517 g/mol. The summed E-state index contributed by atoms with van der Waals surface area (Å²) >= 11 is 0. The van der Waals surface area contributed by atoms with Crippen LogP contribution in [0.4, 0.5) is 0 Å². The molecule has 0 radical (unpaired) electrons. The molecule has 1 aromatic carbocycles. The Labute approximate surface area is 222 Å². The van der Waals surface area contributed by atoms with Gasteiger partial charge < -0.3 is 29.6 Å². The number of pyridine rings is 1. The second-order valence-electron chi connectivity index (χ2n) is 11.0. The zero-order chi connectivity index (χ0) is 26.6. The molecule has 200 valence electrons. The van der Waals surface area contributed by atoms with Gasteiger partial charge in [0.2, 0.25) is 0 Å². The quantitative estimate of drug-likeness (QED) is 0.389. The summed E-state index contributed by atoms with van der Waals surface area (Å²) in [5, 5.41) is 11.5. The molecule has 6 rings (SSSR count). The molecule has 3 atom stereocenters. The molecule has 3 N–H and O–H groups in total. The Bertz CT molecular complexity index is 1500. The number of piperidine rings is 1. The number of aliphatic hydroxyl groups excluding tert-OH is 1. The van der Waals surface area contributed by atoms with E-state index in [-0.39, 0.29) is 17.9 Å². The summed E-state index contributed by atoms with van der Waals surface area (Å²) < 4.78 is 10.1. The first kappa shape index (κ1) is 24.9. The van der Waals surface area contributed by atoms with Crippen molar-refractivity contribution < 1.29 is 14.6 Å². The Morgan fingerprint density at radius 1 is 1.21 bits per heavy atom. The number of amides is 1. The second kappa shape index (κ2) is 9.71. The van der Waals surface area contributed by atoms with Crippen molar-refractivity contribution in [3.05, 3.63) is 42.1 Å². The lowest BCUT2D eigenvalue weighted by molar-refractivity contribution is 0.0174. The highest BCUT2D eigenvalue weighted by Crippen LogP contribution is 2.37. The Morgan fingerprint density at radius 2 is 2.00 bits per heavy atom. The zero-order valence-electron chi connectivity index (χ0n) is 22.3. The Morgan fingerprint density at radius 3 is 2.71 bits per heavy atom. The van der Waals surface area contributed by atoms with Gasteiger partial charge in [0.25, 0.3) is 5.91 Å². The number of ether oxygens (including phenoxy) is 1. The Hall–Kier alpha value is -3.43. The lowest BCUT2D eigenvalue weighted by atomic mass is 9.89. The van der Waals surface area contributed by atoms with Gasteiger partial charge >= 0.3 is 0 Å². The van der Waals surface area contributed by atoms with Gasteiger partial charge in [0.05, 0.1) is 30.5 Å². The van der Waals surface area contributed by atoms with E-state index in [2.05, 4.69) is 21.7 Å². The number of carbonyl (C=O) groups is 1. The van der Waals surface area contributed by atoms with E-state index in [1.54, 1.807) is 25.0 Å². The number of hydrogen-bond donors (Lipinski definition) is 2. The lowest BCUT2D eigenvalue weighted by Crippen LogP contribution is -2.52. The molecule has 2 fully saturated rings. The van der Waals surface area contributed by atoms with Gasteiger partial charge in [0, 0.05) is 37.3 Å². The summed E-state index contributed by atoms with van der Waals surface area (Å²) in [4.78, 5) is 25.3. The summed E-state index contributed by atoms with van der Waals surface area (Å²) in [5.74, 6) is 2.17. The van der Waals surface area contributed by atoms with E-state index in [0.717, 1.165) is 47.5 Å². The van der Waals surface area contributed by atoms with Crippen LogP contribution < -0.4 is 10.5 Å². The SMILES string of the molecule is COc1cc(C(=O)N2C[C@@H](CN)CC[C@H]2C(C)O)cc2nc(-c3cc4cccnc4n3CC3CC3)n(C)c12. The van der Waals surface area contributed by atoms with Gasteiger partial charge in [-0.25, -0.2) is 9.97 Å². The van der Waals surface area contributed by atoms with Crippen LogP contribution in [0.1, 0.15) is 43.0 Å². The number of imidazole rings is 1. The summed E-state index contributed by atoms with van der Waals surface area (Å²) in [6.45, 7) is 3.72. The number of benzene rings is 1. The van der Waals surface area contributed by atoms with Gasteiger partial charge in [-0.2, -0.15) is 0 Å². The fraction of sp³-hybridized carbons (Fsp3) is 0.483. The monoisotopic (exact) mass is 516 g/mol. The molecule has 9 heteroatoms. The smallest absolute Gasteiger partial charge is 0.254 e. The number of aryl methyl sites for hydroxylation is 1. The van der Waals surface area contributed by atoms with Crippen LogP contribution in [0.15, 0.2) is 36.5 Å². The minimum atomic E-state index is -0.619. The molecule has 1 aliphatic heterocycles. The largest absolute Gasteiger partial charge is 0.494 e. The number of likely N-dealkylation sites (tertiary alicyclic amines) is 1. The molecule has 0 bridgehead atoms. The van der Waals surface area contributed by atoms with E-state index in [4.69, 9.17) is 15.5 Å². The van der Waals surface area contributed by atoms with Crippen molar-refractivity contribution in [2.24, 2.45) is 24.6 Å². The standard InChI is InChI=1S/C29H36N6O3/c1-17(36)23-9-8-19(14-30)16-35(23)29(37)21-11-22-26(25(13-21)38-3)33(2)28(32-22)24-12-20-5-4-10-31-27(20)34(24)15-18-6-7-18/h4-5,10-13,17-19,23,36H,6-9,14-16,30H2,1-3H3/t17?,19-,23+/m1/s1. The number of aliphatic hydroxyl groups is 1. The van der Waals surface area contributed by atoms with Crippen molar-refractivity contribution in [3.8, 4) is 17.3 Å². The number of nitrogens with zero attached hydrogens (tertiary/aromatic N) is 5. The van der Waals surface area contributed by atoms with Gasteiger partial charge in [-0.3, -0.25) is 4.79 Å². The number of methoxy groups -OCH3 is 1. The van der Waals surface area contributed by atoms with E-state index in [1.165, 1.54) is 12.8 Å². The van der Waals surface area contributed by atoms with Crippen LogP contribution in [0, 0.1) is 11.8 Å². The molecule has 1 aliphatic carbocycles. The van der Waals surface area contributed by atoms with Gasteiger partial charge in [-0.1, -0.05) is 0 Å². The van der Waals surface area contributed by atoms with Crippen LogP contribution in [0.2, 0.25) is 0 Å². The van der Waals surface area contributed by atoms with Crippen LogP contribution in [-0.2, 0) is 13.6 Å². The van der Waals surface area contributed by atoms with Crippen molar-refractivity contribution in [1.29, 1.82) is 0 Å². The van der Waals surface area contributed by atoms with Gasteiger partial charge in [-0.15, -0.1) is 0 Å². The number of rotatable bonds is 7. The van der Waals surface area contributed by atoms with E-state index >= 15 is 0 Å². The predicted octanol–water partition coefficient (Wildman–Crippen LogP) is 3.57. The Kier molecular flexibility index (Phi) is 6.36. The van der Waals surface area contributed by atoms with Gasteiger partial charge in [0.15, 0.2) is 5.82 Å². The Balaban J connectivity index is 1.45. The third kappa shape index (κ3) is 4.23. The number of hydrogen-bond acceptors (Lipinski definition) is 6. The number of aromatic nitrogens is 4. The highest BCUT2D eigenvalue weighted by atomic mass is 16.5. The van der Waals surface area contributed by atoms with Crippen LogP contribution in [-0.4, -0.2) is 67.4 Å². The van der Waals surface area contributed by atoms with Crippen LogP contribution >= 0.6 is 0 Å². The maximum absolute atomic E-state index is 13.8. The first-order valence-electron chi connectivity index (χ1n) is 13.6. The zero-order valence-corrected chi connectivity index (χ0v) is 22.3. The molecule has 9 nitrogen and oxygen atoms in total. The minimum absolute atomic E-state index is 0.131. The highest BCUT2D eigenvalue weighted by molar-refractivity contribution is 6.00. The lowest BCUT2D eigenvalue weighted by Gasteiger charge is -2.41. The molecule has 2 aliphatic rings. The maximum atomic E-state index is 13.8. The van der Waals surface area contributed by atoms with Gasteiger partial charge in [0.1, 0.15) is 16.9 Å². The molecule has 1 saturated carbocycles. The molecule has 1 saturated heterocycles. The number of nitrogens with two attached hydrogens (primary N) is 1. The summed E-state index contributed by atoms with van der Waals surface area (Å²) in [5.41, 5.74) is 9.96. The number of carbonyl (C=O) groups excluding carboxylic acids is 1. The molecule has 4 aromatic rings. The van der Waals surface area contributed by atoms with Crippen molar-refractivity contribution >= 4 is 28.0 Å². The topological polar surface area (TPSA) is 111 Å². The molecule has 0 spiro atoms. The molecule has 1 unspecified atom stereocenters. The van der Waals surface area contributed by atoms with Gasteiger partial charge in [-0.05, 0) is 81.3 Å². The highest BCUT2D eigenvalue weighted by Gasteiger charge is 2.35. The van der Waals surface area contributed by atoms with E-state index < -0.39 is 6.10 Å². The molecule has 3 aromatic heterocycles. The van der Waals surface area contributed by atoms with Crippen molar-refractivity contribution in [2.75, 3.05) is 20.2 Å². The molecule has 4 heterocycles. The first-order chi connectivity index (χ1) is 18.4. The van der Waals surface area contributed by atoms with Crippen molar-refractivity contribution in [2.45, 2.75) is 51.3 Å². The maximum Gasteiger partial charge on any atom is 0.254 e. The normalized spacial score (nSPS) is 20.8.